The van der Waals surface area contributed by atoms with Gasteiger partial charge < -0.3 is 4.90 Å². The molecular formula is C12H15NO3S. The number of rotatable bonds is 2. The number of nitrogens with zero attached hydrogens (tertiary/aromatic N) is 1. The van der Waals surface area contributed by atoms with Crippen molar-refractivity contribution in [2.24, 2.45) is 0 Å². The number of benzene rings is 1. The highest BCUT2D eigenvalue weighted by Crippen LogP contribution is 2.17. The molecule has 0 spiro atoms. The smallest absolute Gasteiger partial charge is 0.152 e. The van der Waals surface area contributed by atoms with Crippen molar-refractivity contribution < 1.29 is 13.2 Å². The van der Waals surface area contributed by atoms with Crippen molar-refractivity contribution in [3.8, 4) is 0 Å². The first-order chi connectivity index (χ1) is 8.11. The monoisotopic (exact) mass is 253 g/mol. The van der Waals surface area contributed by atoms with Gasteiger partial charge in [-0.05, 0) is 30.7 Å². The van der Waals surface area contributed by atoms with E-state index < -0.39 is 9.84 Å². The third kappa shape index (κ3) is 3.06. The Morgan fingerprint density at radius 1 is 1.06 bits per heavy atom. The van der Waals surface area contributed by atoms with E-state index in [1.807, 2.05) is 12.1 Å². The Morgan fingerprint density at radius 2 is 1.76 bits per heavy atom. The van der Waals surface area contributed by atoms with Crippen LogP contribution >= 0.6 is 0 Å². The van der Waals surface area contributed by atoms with Crippen LogP contribution in [0.3, 0.4) is 0 Å². The van der Waals surface area contributed by atoms with Gasteiger partial charge in [0.1, 0.15) is 6.29 Å². The van der Waals surface area contributed by atoms with Crippen molar-refractivity contribution >= 4 is 21.8 Å². The molecule has 0 atom stereocenters. The number of carbonyl (C=O) groups is 1. The maximum Gasteiger partial charge on any atom is 0.152 e. The summed E-state index contributed by atoms with van der Waals surface area (Å²) in [4.78, 5) is 12.6. The van der Waals surface area contributed by atoms with Gasteiger partial charge in [0.25, 0.3) is 0 Å². The largest absolute Gasteiger partial charge is 0.370 e. The van der Waals surface area contributed by atoms with Gasteiger partial charge in [0, 0.05) is 24.3 Å². The van der Waals surface area contributed by atoms with Crippen LogP contribution in [0.1, 0.15) is 16.8 Å². The lowest BCUT2D eigenvalue weighted by Crippen LogP contribution is -2.26. The first kappa shape index (κ1) is 12.1. The lowest BCUT2D eigenvalue weighted by molar-refractivity contribution is 0.112. The summed E-state index contributed by atoms with van der Waals surface area (Å²) in [6.45, 7) is 1.28. The summed E-state index contributed by atoms with van der Waals surface area (Å²) in [6.07, 6.45) is 1.47. The molecule has 0 radical (unpaired) electrons. The van der Waals surface area contributed by atoms with Gasteiger partial charge in [0.05, 0.1) is 11.5 Å². The Bertz CT molecular complexity index is 493. The third-order valence-electron chi connectivity index (χ3n) is 2.95. The molecule has 5 heteroatoms. The van der Waals surface area contributed by atoms with Crippen LogP contribution in [0.2, 0.25) is 0 Å². The number of hydrogen-bond donors (Lipinski definition) is 0. The molecule has 4 nitrogen and oxygen atoms in total. The molecule has 0 N–H and O–H groups in total. The van der Waals surface area contributed by atoms with E-state index in [0.29, 0.717) is 18.5 Å². The van der Waals surface area contributed by atoms with Crippen LogP contribution < -0.4 is 4.90 Å². The van der Waals surface area contributed by atoms with Crippen molar-refractivity contribution in [2.45, 2.75) is 6.42 Å². The van der Waals surface area contributed by atoms with Crippen molar-refractivity contribution in [3.05, 3.63) is 29.8 Å². The summed E-state index contributed by atoms with van der Waals surface area (Å²) >= 11 is 0. The molecule has 1 aliphatic rings. The van der Waals surface area contributed by atoms with Crippen LogP contribution in [0.25, 0.3) is 0 Å². The fourth-order valence-corrected chi connectivity index (χ4v) is 3.23. The van der Waals surface area contributed by atoms with Crippen LogP contribution in [0.15, 0.2) is 24.3 Å². The van der Waals surface area contributed by atoms with Crippen LogP contribution in [0, 0.1) is 0 Å². The van der Waals surface area contributed by atoms with Crippen LogP contribution in [-0.4, -0.2) is 39.3 Å². The summed E-state index contributed by atoms with van der Waals surface area (Å²) in [5.41, 5.74) is 1.61. The maximum atomic E-state index is 11.5. The summed E-state index contributed by atoms with van der Waals surface area (Å²) in [5.74, 6) is 0.484. The fourth-order valence-electron chi connectivity index (χ4n) is 1.96. The first-order valence-electron chi connectivity index (χ1n) is 5.61. The van der Waals surface area contributed by atoms with Gasteiger partial charge in [0.2, 0.25) is 0 Å². The SMILES string of the molecule is O=Cc1ccc(N2CCCS(=O)(=O)CC2)cc1. The van der Waals surface area contributed by atoms with E-state index in [4.69, 9.17) is 0 Å². The lowest BCUT2D eigenvalue weighted by Gasteiger charge is -2.21. The Morgan fingerprint density at radius 3 is 2.41 bits per heavy atom. The summed E-state index contributed by atoms with van der Waals surface area (Å²) in [6, 6.07) is 7.23. The number of sulfone groups is 1. The van der Waals surface area contributed by atoms with Gasteiger partial charge in [-0.25, -0.2) is 8.42 Å². The minimum Gasteiger partial charge on any atom is -0.370 e. The summed E-state index contributed by atoms with van der Waals surface area (Å²) < 4.78 is 22.9. The lowest BCUT2D eigenvalue weighted by atomic mass is 10.2. The predicted molar refractivity (Wildman–Crippen MR) is 67.3 cm³/mol. The van der Waals surface area contributed by atoms with Crippen LogP contribution in [0.5, 0.6) is 0 Å². The zero-order valence-corrected chi connectivity index (χ0v) is 10.3. The van der Waals surface area contributed by atoms with E-state index >= 15 is 0 Å². The van der Waals surface area contributed by atoms with E-state index in [2.05, 4.69) is 4.90 Å². The Hall–Kier alpha value is -1.36. The first-order valence-corrected chi connectivity index (χ1v) is 7.43. The fraction of sp³-hybridized carbons (Fsp3) is 0.417. The molecule has 1 aromatic carbocycles. The zero-order chi connectivity index (χ0) is 12.3. The molecule has 1 fully saturated rings. The Balaban J connectivity index is 2.14. The molecule has 0 aromatic heterocycles. The highest BCUT2D eigenvalue weighted by Gasteiger charge is 2.19. The minimum atomic E-state index is -2.87. The topological polar surface area (TPSA) is 54.5 Å². The van der Waals surface area contributed by atoms with Crippen molar-refractivity contribution in [3.63, 3.8) is 0 Å². The molecule has 0 unspecified atom stereocenters. The quantitative estimate of drug-likeness (QED) is 0.741. The Labute approximate surface area is 101 Å². The second kappa shape index (κ2) is 4.87. The van der Waals surface area contributed by atoms with Gasteiger partial charge >= 0.3 is 0 Å². The second-order valence-corrected chi connectivity index (χ2v) is 6.51. The van der Waals surface area contributed by atoms with E-state index in [1.165, 1.54) is 0 Å². The number of anilines is 1. The zero-order valence-electron chi connectivity index (χ0n) is 9.50. The molecule has 1 heterocycles. The van der Waals surface area contributed by atoms with Gasteiger partial charge in [0.15, 0.2) is 9.84 Å². The maximum absolute atomic E-state index is 11.5. The highest BCUT2D eigenvalue weighted by atomic mass is 32.2. The van der Waals surface area contributed by atoms with Crippen molar-refractivity contribution in [2.75, 3.05) is 29.5 Å². The average molecular weight is 253 g/mol. The van der Waals surface area contributed by atoms with E-state index in [1.54, 1.807) is 12.1 Å². The predicted octanol–water partition coefficient (Wildman–Crippen LogP) is 1.12. The van der Waals surface area contributed by atoms with Gasteiger partial charge in [-0.1, -0.05) is 0 Å². The molecule has 0 bridgehead atoms. The van der Waals surface area contributed by atoms with E-state index in [0.717, 1.165) is 18.5 Å². The summed E-state index contributed by atoms with van der Waals surface area (Å²) in [5, 5.41) is 0. The van der Waals surface area contributed by atoms with E-state index in [-0.39, 0.29) is 11.5 Å². The van der Waals surface area contributed by atoms with Crippen LogP contribution in [-0.2, 0) is 9.84 Å². The number of carbonyl (C=O) groups excluding carboxylic acids is 1. The van der Waals surface area contributed by atoms with E-state index in [9.17, 15) is 13.2 Å². The third-order valence-corrected chi connectivity index (χ3v) is 4.67. The molecule has 1 aromatic rings. The molecule has 0 saturated carbocycles. The summed E-state index contributed by atoms with van der Waals surface area (Å²) in [7, 11) is -2.87. The van der Waals surface area contributed by atoms with Gasteiger partial charge in [-0.3, -0.25) is 4.79 Å². The van der Waals surface area contributed by atoms with Crippen LogP contribution in [0.4, 0.5) is 5.69 Å². The molecule has 2 rings (SSSR count). The average Bonchev–Trinajstić information content (AvgIpc) is 2.50. The number of hydrogen-bond acceptors (Lipinski definition) is 4. The number of aldehydes is 1. The van der Waals surface area contributed by atoms with Gasteiger partial charge in [-0.2, -0.15) is 0 Å². The minimum absolute atomic E-state index is 0.211. The second-order valence-electron chi connectivity index (χ2n) is 4.20. The normalized spacial score (nSPS) is 19.6. The molecule has 0 aliphatic carbocycles. The molecular weight excluding hydrogens is 238 g/mol. The molecule has 92 valence electrons. The Kier molecular flexibility index (Phi) is 3.47. The van der Waals surface area contributed by atoms with Crippen molar-refractivity contribution in [1.29, 1.82) is 0 Å². The standard InChI is InChI=1S/C12H15NO3S/c14-10-11-2-4-12(5-3-11)13-6-1-8-17(15,16)9-7-13/h2-5,10H,1,6-9H2. The molecule has 0 amide bonds. The van der Waals surface area contributed by atoms with Crippen molar-refractivity contribution in [1.82, 2.24) is 0 Å². The highest BCUT2D eigenvalue weighted by molar-refractivity contribution is 7.91. The molecule has 17 heavy (non-hydrogen) atoms. The van der Waals surface area contributed by atoms with Gasteiger partial charge in [-0.15, -0.1) is 0 Å². The molecule has 1 saturated heterocycles. The molecule has 1 aliphatic heterocycles.